The molecule has 18 heavy (non-hydrogen) atoms. The standard InChI is InChI=1S/C14H18FN3/c1-10(2)18-8-7-16-14(18)17-11(3)12-5-4-6-13(15)9-12/h4-11H,1-3H3,(H,16,17). The van der Waals surface area contributed by atoms with Gasteiger partial charge >= 0.3 is 0 Å². The molecule has 0 aliphatic heterocycles. The summed E-state index contributed by atoms with van der Waals surface area (Å²) in [6.07, 6.45) is 3.70. The molecule has 2 rings (SSSR count). The molecule has 96 valence electrons. The van der Waals surface area contributed by atoms with Crippen LogP contribution in [0.15, 0.2) is 36.7 Å². The molecule has 0 aliphatic rings. The first kappa shape index (κ1) is 12.6. The van der Waals surface area contributed by atoms with Crippen molar-refractivity contribution >= 4 is 5.95 Å². The van der Waals surface area contributed by atoms with Crippen LogP contribution in [-0.2, 0) is 0 Å². The predicted molar refractivity (Wildman–Crippen MR) is 71.0 cm³/mol. The Morgan fingerprint density at radius 3 is 2.72 bits per heavy atom. The maximum atomic E-state index is 13.2. The molecule has 0 fully saturated rings. The van der Waals surface area contributed by atoms with Gasteiger partial charge in [-0.15, -0.1) is 0 Å². The van der Waals surface area contributed by atoms with E-state index in [0.717, 1.165) is 11.5 Å². The van der Waals surface area contributed by atoms with Gasteiger partial charge in [0.2, 0.25) is 5.95 Å². The Balaban J connectivity index is 2.16. The number of benzene rings is 1. The number of nitrogens with zero attached hydrogens (tertiary/aromatic N) is 2. The summed E-state index contributed by atoms with van der Waals surface area (Å²) in [5.74, 6) is 0.593. The maximum absolute atomic E-state index is 13.2. The second kappa shape index (κ2) is 5.21. The molecule has 0 spiro atoms. The van der Waals surface area contributed by atoms with Crippen molar-refractivity contribution in [2.24, 2.45) is 0 Å². The van der Waals surface area contributed by atoms with Crippen molar-refractivity contribution in [2.75, 3.05) is 5.32 Å². The molecule has 3 nitrogen and oxygen atoms in total. The zero-order valence-corrected chi connectivity index (χ0v) is 10.9. The van der Waals surface area contributed by atoms with Crippen molar-refractivity contribution in [3.63, 3.8) is 0 Å². The Morgan fingerprint density at radius 1 is 1.28 bits per heavy atom. The molecule has 0 aliphatic carbocycles. The molecule has 4 heteroatoms. The molecule has 0 amide bonds. The highest BCUT2D eigenvalue weighted by molar-refractivity contribution is 5.33. The molecule has 1 heterocycles. The van der Waals surface area contributed by atoms with Crippen LogP contribution in [0.1, 0.15) is 38.4 Å². The highest BCUT2D eigenvalue weighted by Crippen LogP contribution is 2.20. The van der Waals surface area contributed by atoms with Crippen LogP contribution in [0, 0.1) is 5.82 Å². The van der Waals surface area contributed by atoms with E-state index in [1.165, 1.54) is 6.07 Å². The summed E-state index contributed by atoms with van der Waals surface area (Å²) < 4.78 is 15.2. The summed E-state index contributed by atoms with van der Waals surface area (Å²) in [6.45, 7) is 6.19. The van der Waals surface area contributed by atoms with Gasteiger partial charge in [-0.2, -0.15) is 0 Å². The first-order chi connectivity index (χ1) is 8.58. The molecule has 1 aromatic heterocycles. The second-order valence-electron chi connectivity index (χ2n) is 4.67. The van der Waals surface area contributed by atoms with Crippen LogP contribution in [-0.4, -0.2) is 9.55 Å². The first-order valence-electron chi connectivity index (χ1n) is 6.12. The maximum Gasteiger partial charge on any atom is 0.203 e. The average Bonchev–Trinajstić information content (AvgIpc) is 2.77. The van der Waals surface area contributed by atoms with Gasteiger partial charge in [-0.3, -0.25) is 0 Å². The summed E-state index contributed by atoms with van der Waals surface area (Å²) in [7, 11) is 0. The Labute approximate surface area is 107 Å². The molecule has 1 unspecified atom stereocenters. The van der Waals surface area contributed by atoms with Gasteiger partial charge in [0, 0.05) is 18.4 Å². The van der Waals surface area contributed by atoms with Crippen LogP contribution < -0.4 is 5.32 Å². The number of rotatable bonds is 4. The van der Waals surface area contributed by atoms with Crippen molar-refractivity contribution in [1.29, 1.82) is 0 Å². The number of aromatic nitrogens is 2. The van der Waals surface area contributed by atoms with Crippen LogP contribution in [0.2, 0.25) is 0 Å². The Kier molecular flexibility index (Phi) is 3.65. The van der Waals surface area contributed by atoms with Gasteiger partial charge in [0.05, 0.1) is 6.04 Å². The Morgan fingerprint density at radius 2 is 2.06 bits per heavy atom. The largest absolute Gasteiger partial charge is 0.349 e. The van der Waals surface area contributed by atoms with Gasteiger partial charge in [0.15, 0.2) is 0 Å². The number of halogens is 1. The molecule has 2 aromatic rings. The van der Waals surface area contributed by atoms with Crippen LogP contribution in [0.4, 0.5) is 10.3 Å². The second-order valence-corrected chi connectivity index (χ2v) is 4.67. The molecular weight excluding hydrogens is 229 g/mol. The summed E-state index contributed by atoms with van der Waals surface area (Å²) in [5, 5.41) is 3.30. The van der Waals surface area contributed by atoms with Gasteiger partial charge in [-0.05, 0) is 38.5 Å². The third kappa shape index (κ3) is 2.70. The topological polar surface area (TPSA) is 29.9 Å². The predicted octanol–water partition coefficient (Wildman–Crippen LogP) is 3.78. The molecule has 1 aromatic carbocycles. The van der Waals surface area contributed by atoms with Gasteiger partial charge in [-0.25, -0.2) is 9.37 Å². The lowest BCUT2D eigenvalue weighted by molar-refractivity contribution is 0.599. The van der Waals surface area contributed by atoms with Crippen LogP contribution in [0.5, 0.6) is 0 Å². The molecule has 0 bridgehead atoms. The third-order valence-corrected chi connectivity index (χ3v) is 2.92. The van der Waals surface area contributed by atoms with E-state index in [9.17, 15) is 4.39 Å². The smallest absolute Gasteiger partial charge is 0.203 e. The summed E-state index contributed by atoms with van der Waals surface area (Å²) in [5.41, 5.74) is 0.910. The molecule has 0 radical (unpaired) electrons. The van der Waals surface area contributed by atoms with Crippen molar-refractivity contribution in [1.82, 2.24) is 9.55 Å². The lowest BCUT2D eigenvalue weighted by atomic mass is 10.1. The van der Waals surface area contributed by atoms with E-state index >= 15 is 0 Å². The normalized spacial score (nSPS) is 12.7. The minimum absolute atomic E-state index is 0.0144. The average molecular weight is 247 g/mol. The number of hydrogen-bond donors (Lipinski definition) is 1. The molecule has 1 atom stereocenters. The molecule has 1 N–H and O–H groups in total. The quantitative estimate of drug-likeness (QED) is 0.891. The monoisotopic (exact) mass is 247 g/mol. The van der Waals surface area contributed by atoms with Gasteiger partial charge in [-0.1, -0.05) is 12.1 Å². The molecule has 0 saturated carbocycles. The van der Waals surface area contributed by atoms with Gasteiger partial charge < -0.3 is 9.88 Å². The number of nitrogens with one attached hydrogen (secondary N) is 1. The van der Waals surface area contributed by atoms with Gasteiger partial charge in [0.1, 0.15) is 5.82 Å². The van der Waals surface area contributed by atoms with Crippen LogP contribution in [0.3, 0.4) is 0 Å². The van der Waals surface area contributed by atoms with E-state index in [4.69, 9.17) is 0 Å². The fraction of sp³-hybridized carbons (Fsp3) is 0.357. The highest BCUT2D eigenvalue weighted by atomic mass is 19.1. The Hall–Kier alpha value is -1.84. The first-order valence-corrected chi connectivity index (χ1v) is 6.12. The van der Waals surface area contributed by atoms with E-state index < -0.39 is 0 Å². The number of hydrogen-bond acceptors (Lipinski definition) is 2. The van der Waals surface area contributed by atoms with Crippen LogP contribution >= 0.6 is 0 Å². The van der Waals surface area contributed by atoms with E-state index in [1.54, 1.807) is 18.3 Å². The minimum atomic E-state index is -0.214. The Bertz CT molecular complexity index is 519. The van der Waals surface area contributed by atoms with E-state index in [2.05, 4.69) is 28.7 Å². The minimum Gasteiger partial charge on any atom is -0.349 e. The van der Waals surface area contributed by atoms with E-state index in [0.29, 0.717) is 6.04 Å². The van der Waals surface area contributed by atoms with Crippen molar-refractivity contribution in [3.8, 4) is 0 Å². The fourth-order valence-electron chi connectivity index (χ4n) is 1.89. The summed E-state index contributed by atoms with van der Waals surface area (Å²) in [6, 6.07) is 6.97. The van der Waals surface area contributed by atoms with E-state index in [-0.39, 0.29) is 11.9 Å². The van der Waals surface area contributed by atoms with E-state index in [1.807, 2.05) is 19.2 Å². The SMILES string of the molecule is CC(Nc1nccn1C(C)C)c1cccc(F)c1. The van der Waals surface area contributed by atoms with Gasteiger partial charge in [0.25, 0.3) is 0 Å². The van der Waals surface area contributed by atoms with Crippen LogP contribution in [0.25, 0.3) is 0 Å². The summed E-state index contributed by atoms with van der Waals surface area (Å²) in [4.78, 5) is 4.28. The lowest BCUT2D eigenvalue weighted by Gasteiger charge is -2.18. The number of anilines is 1. The van der Waals surface area contributed by atoms with Crippen molar-refractivity contribution < 1.29 is 4.39 Å². The highest BCUT2D eigenvalue weighted by Gasteiger charge is 2.11. The molecular formula is C14H18FN3. The molecule has 0 saturated heterocycles. The summed E-state index contributed by atoms with van der Waals surface area (Å²) >= 11 is 0. The lowest BCUT2D eigenvalue weighted by Crippen LogP contribution is -2.12. The van der Waals surface area contributed by atoms with Crippen molar-refractivity contribution in [3.05, 3.63) is 48.0 Å². The zero-order chi connectivity index (χ0) is 13.1. The number of imidazole rings is 1. The zero-order valence-electron chi connectivity index (χ0n) is 10.9. The van der Waals surface area contributed by atoms with Crippen molar-refractivity contribution in [2.45, 2.75) is 32.9 Å². The fourth-order valence-corrected chi connectivity index (χ4v) is 1.89. The third-order valence-electron chi connectivity index (χ3n) is 2.92.